The molecule has 0 atom stereocenters. The Labute approximate surface area is 99.7 Å². The number of aryl methyl sites for hydroxylation is 1. The maximum atomic E-state index is 12.1. The first-order valence-electron chi connectivity index (χ1n) is 5.32. The molecule has 1 heterocycles. The molecule has 1 aromatic heterocycles. The van der Waals surface area contributed by atoms with Crippen LogP contribution in [-0.2, 0) is 17.1 Å². The van der Waals surface area contributed by atoms with Crippen LogP contribution in [0.1, 0.15) is 19.3 Å². The van der Waals surface area contributed by atoms with Gasteiger partial charge in [-0.2, -0.15) is 0 Å². The molecule has 0 saturated heterocycles. The van der Waals surface area contributed by atoms with Gasteiger partial charge >= 0.3 is 0 Å². The topological polar surface area (TPSA) is 110 Å². The molecule has 4 N–H and O–H groups in total. The lowest BCUT2D eigenvalue weighted by molar-refractivity contribution is 0.110. The van der Waals surface area contributed by atoms with Gasteiger partial charge in [0.15, 0.2) is 10.8 Å². The predicted octanol–water partition coefficient (Wildman–Crippen LogP) is -0.804. The molecule has 8 heteroatoms. The molecule has 0 spiro atoms. The largest absolute Gasteiger partial charge is 0.394 e. The van der Waals surface area contributed by atoms with E-state index < -0.39 is 15.6 Å². The lowest BCUT2D eigenvalue weighted by Crippen LogP contribution is -2.56. The van der Waals surface area contributed by atoms with Crippen molar-refractivity contribution in [2.75, 3.05) is 12.3 Å². The molecule has 2 rings (SSSR count). The summed E-state index contributed by atoms with van der Waals surface area (Å²) < 4.78 is 28.1. The average molecular weight is 260 g/mol. The summed E-state index contributed by atoms with van der Waals surface area (Å²) in [5.41, 5.74) is 4.81. The zero-order valence-corrected chi connectivity index (χ0v) is 10.4. The van der Waals surface area contributed by atoms with Crippen molar-refractivity contribution >= 4 is 15.8 Å². The van der Waals surface area contributed by atoms with E-state index in [1.54, 1.807) is 7.05 Å². The molecular weight excluding hydrogens is 244 g/mol. The molecule has 0 aromatic carbocycles. The summed E-state index contributed by atoms with van der Waals surface area (Å²) in [6.07, 6.45) is 3.53. The highest BCUT2D eigenvalue weighted by Crippen LogP contribution is 2.33. The van der Waals surface area contributed by atoms with Crippen LogP contribution in [0.4, 0.5) is 5.82 Å². The van der Waals surface area contributed by atoms with E-state index in [2.05, 4.69) is 9.71 Å². The predicted molar refractivity (Wildman–Crippen MR) is 61.6 cm³/mol. The number of anilines is 1. The second kappa shape index (κ2) is 3.97. The van der Waals surface area contributed by atoms with Crippen molar-refractivity contribution in [1.82, 2.24) is 14.3 Å². The lowest BCUT2D eigenvalue weighted by Gasteiger charge is -2.40. The van der Waals surface area contributed by atoms with E-state index in [0.717, 1.165) is 6.42 Å². The van der Waals surface area contributed by atoms with E-state index in [1.165, 1.54) is 10.9 Å². The van der Waals surface area contributed by atoms with Crippen molar-refractivity contribution in [2.45, 2.75) is 29.8 Å². The number of nitrogen functional groups attached to an aromatic ring is 1. The molecule has 1 aliphatic carbocycles. The molecule has 1 aliphatic rings. The number of rotatable bonds is 4. The quantitative estimate of drug-likeness (QED) is 0.656. The van der Waals surface area contributed by atoms with Crippen molar-refractivity contribution in [3.8, 4) is 0 Å². The number of imidazole rings is 1. The van der Waals surface area contributed by atoms with Crippen LogP contribution in [0.2, 0.25) is 0 Å². The Hall–Kier alpha value is -1.12. The Kier molecular flexibility index (Phi) is 2.88. The number of aliphatic hydroxyl groups is 1. The van der Waals surface area contributed by atoms with Crippen LogP contribution in [0.25, 0.3) is 0 Å². The van der Waals surface area contributed by atoms with Gasteiger partial charge in [-0.25, -0.2) is 18.1 Å². The first-order valence-corrected chi connectivity index (χ1v) is 6.80. The minimum absolute atomic E-state index is 0.0348. The second-order valence-corrected chi connectivity index (χ2v) is 6.04. The highest BCUT2D eigenvalue weighted by Gasteiger charge is 2.41. The van der Waals surface area contributed by atoms with Crippen LogP contribution >= 0.6 is 0 Å². The van der Waals surface area contributed by atoms with Crippen LogP contribution < -0.4 is 10.5 Å². The zero-order valence-electron chi connectivity index (χ0n) is 9.55. The van der Waals surface area contributed by atoms with E-state index in [1.807, 2.05) is 0 Å². The third kappa shape index (κ3) is 2.03. The van der Waals surface area contributed by atoms with Crippen LogP contribution in [0.5, 0.6) is 0 Å². The van der Waals surface area contributed by atoms with E-state index in [-0.39, 0.29) is 17.5 Å². The summed E-state index contributed by atoms with van der Waals surface area (Å²) in [4.78, 5) is 3.74. The Morgan fingerprint density at radius 1 is 1.65 bits per heavy atom. The molecule has 1 aromatic rings. The Balaban J connectivity index is 2.31. The molecular formula is C9H16N4O3S. The van der Waals surface area contributed by atoms with E-state index in [0.29, 0.717) is 12.8 Å². The van der Waals surface area contributed by atoms with Gasteiger partial charge in [0.05, 0.1) is 18.5 Å². The summed E-state index contributed by atoms with van der Waals surface area (Å²) in [7, 11) is -2.18. The monoisotopic (exact) mass is 260 g/mol. The molecule has 0 unspecified atom stereocenters. The second-order valence-electron chi connectivity index (χ2n) is 4.44. The van der Waals surface area contributed by atoms with Crippen molar-refractivity contribution < 1.29 is 13.5 Å². The van der Waals surface area contributed by atoms with Gasteiger partial charge in [-0.05, 0) is 19.3 Å². The minimum Gasteiger partial charge on any atom is -0.394 e. The highest BCUT2D eigenvalue weighted by molar-refractivity contribution is 7.89. The number of nitrogens with one attached hydrogen (secondary N) is 1. The zero-order chi connectivity index (χ0) is 12.7. The first kappa shape index (κ1) is 12.3. The molecule has 1 saturated carbocycles. The van der Waals surface area contributed by atoms with Gasteiger partial charge in [-0.3, -0.25) is 0 Å². The molecule has 7 nitrogen and oxygen atoms in total. The molecule has 0 radical (unpaired) electrons. The Morgan fingerprint density at radius 3 is 2.65 bits per heavy atom. The van der Waals surface area contributed by atoms with Gasteiger partial charge in [0.1, 0.15) is 0 Å². The van der Waals surface area contributed by atoms with Crippen molar-refractivity contribution in [3.63, 3.8) is 0 Å². The van der Waals surface area contributed by atoms with Crippen LogP contribution in [0, 0.1) is 0 Å². The van der Waals surface area contributed by atoms with E-state index in [4.69, 9.17) is 5.73 Å². The Bertz CT molecular complexity index is 493. The Morgan fingerprint density at radius 2 is 2.29 bits per heavy atom. The first-order chi connectivity index (χ1) is 7.90. The van der Waals surface area contributed by atoms with E-state index in [9.17, 15) is 13.5 Å². The number of nitrogens with two attached hydrogens (primary N) is 1. The molecule has 17 heavy (non-hydrogen) atoms. The van der Waals surface area contributed by atoms with Crippen LogP contribution in [-0.4, -0.2) is 35.2 Å². The number of hydrogen-bond donors (Lipinski definition) is 3. The standard InChI is InChI=1S/C9H16N4O3S/c1-13-6-11-7(10)8(13)17(15,16)12-9(5-14)3-2-4-9/h6,12,14H,2-5,10H2,1H3. The van der Waals surface area contributed by atoms with Gasteiger partial charge in [0.25, 0.3) is 10.0 Å². The number of aliphatic hydroxyl groups excluding tert-OH is 1. The third-order valence-corrected chi connectivity index (χ3v) is 4.84. The summed E-state index contributed by atoms with van der Waals surface area (Å²) >= 11 is 0. The van der Waals surface area contributed by atoms with Gasteiger partial charge in [-0.15, -0.1) is 0 Å². The fourth-order valence-electron chi connectivity index (χ4n) is 1.99. The number of nitrogens with zero attached hydrogens (tertiary/aromatic N) is 2. The molecule has 0 bridgehead atoms. The normalized spacial score (nSPS) is 18.9. The van der Waals surface area contributed by atoms with Gasteiger partial charge in [0, 0.05) is 7.05 Å². The van der Waals surface area contributed by atoms with Crippen LogP contribution in [0.3, 0.4) is 0 Å². The smallest absolute Gasteiger partial charge is 0.260 e. The molecule has 96 valence electrons. The van der Waals surface area contributed by atoms with Gasteiger partial charge in [-0.1, -0.05) is 0 Å². The maximum absolute atomic E-state index is 12.1. The number of sulfonamides is 1. The van der Waals surface area contributed by atoms with E-state index >= 15 is 0 Å². The van der Waals surface area contributed by atoms with Crippen LogP contribution in [0.15, 0.2) is 11.4 Å². The maximum Gasteiger partial charge on any atom is 0.260 e. The molecule has 0 amide bonds. The van der Waals surface area contributed by atoms with Crippen molar-refractivity contribution in [3.05, 3.63) is 6.33 Å². The minimum atomic E-state index is -3.74. The van der Waals surface area contributed by atoms with Crippen molar-refractivity contribution in [2.24, 2.45) is 7.05 Å². The summed E-state index contributed by atoms with van der Waals surface area (Å²) in [6.45, 7) is -0.204. The third-order valence-electron chi connectivity index (χ3n) is 3.13. The lowest BCUT2D eigenvalue weighted by atomic mass is 9.78. The molecule has 1 fully saturated rings. The average Bonchev–Trinajstić information content (AvgIpc) is 2.53. The summed E-state index contributed by atoms with van der Waals surface area (Å²) in [5, 5.41) is 9.20. The summed E-state index contributed by atoms with van der Waals surface area (Å²) in [5.74, 6) is -0.0348. The fraction of sp³-hybridized carbons (Fsp3) is 0.667. The van der Waals surface area contributed by atoms with Gasteiger partial charge < -0.3 is 15.4 Å². The number of aromatic nitrogens is 2. The SMILES string of the molecule is Cn1cnc(N)c1S(=O)(=O)NC1(CO)CCC1. The highest BCUT2D eigenvalue weighted by atomic mass is 32.2. The van der Waals surface area contributed by atoms with Gasteiger partial charge in [0.2, 0.25) is 0 Å². The van der Waals surface area contributed by atoms with Crippen molar-refractivity contribution in [1.29, 1.82) is 0 Å². The number of hydrogen-bond acceptors (Lipinski definition) is 5. The fourth-order valence-corrected chi connectivity index (χ4v) is 3.68. The molecule has 0 aliphatic heterocycles. The summed E-state index contributed by atoms with van der Waals surface area (Å²) in [6, 6.07) is 0.